The fourth-order valence-corrected chi connectivity index (χ4v) is 1.03. The van der Waals surface area contributed by atoms with Gasteiger partial charge in [0, 0.05) is 4.90 Å². The van der Waals surface area contributed by atoms with Gasteiger partial charge in [-0.1, -0.05) is 6.07 Å². The van der Waals surface area contributed by atoms with Crippen molar-refractivity contribution in [2.24, 2.45) is 0 Å². The summed E-state index contributed by atoms with van der Waals surface area (Å²) in [4.78, 5) is 0.791. The molecule has 50 valence electrons. The highest BCUT2D eigenvalue weighted by Crippen LogP contribution is 2.16. The van der Waals surface area contributed by atoms with Crippen LogP contribution in [0.3, 0.4) is 0 Å². The molecule has 1 aromatic heterocycles. The molecule has 10 heavy (non-hydrogen) atoms. The largest absolute Gasteiger partial charge is 0.243 e. The van der Waals surface area contributed by atoms with E-state index < -0.39 is 0 Å². The zero-order chi connectivity index (χ0) is 6.97. The zero-order valence-corrected chi connectivity index (χ0v) is 5.88. The van der Waals surface area contributed by atoms with Crippen molar-refractivity contribution in [3.63, 3.8) is 0 Å². The molecule has 2 aromatic rings. The van der Waals surface area contributed by atoms with E-state index in [1.165, 1.54) is 0 Å². The molecule has 0 amide bonds. The molecule has 0 unspecified atom stereocenters. The molecule has 0 aliphatic rings. The van der Waals surface area contributed by atoms with Gasteiger partial charge < -0.3 is 0 Å². The third-order valence-corrected chi connectivity index (χ3v) is 1.63. The Morgan fingerprint density at radius 3 is 3.00 bits per heavy atom. The smallest absolute Gasteiger partial charge is 0.148 e. The maximum absolute atomic E-state index is 4.50. The predicted molar refractivity (Wildman–Crippen MR) is 39.1 cm³/mol. The average molecular weight is 152 g/mol. The van der Waals surface area contributed by atoms with Crippen molar-refractivity contribution in [3.05, 3.63) is 18.2 Å². The summed E-state index contributed by atoms with van der Waals surface area (Å²) in [5.41, 5.74) is 1.46. The first kappa shape index (κ1) is 5.73. The highest BCUT2D eigenvalue weighted by atomic mass is 32.1. The lowest BCUT2D eigenvalue weighted by Gasteiger charge is -1.85. The molecular formula is C6H4N2OS. The van der Waals surface area contributed by atoms with Crippen LogP contribution in [0.1, 0.15) is 0 Å². The minimum atomic E-state index is 0.714. The number of fused-ring (bicyclic) bond motifs is 1. The molecule has 0 N–H and O–H groups in total. The van der Waals surface area contributed by atoms with Gasteiger partial charge in [-0.15, -0.1) is 12.6 Å². The summed E-state index contributed by atoms with van der Waals surface area (Å²) in [7, 11) is 0. The van der Waals surface area contributed by atoms with E-state index in [4.69, 9.17) is 0 Å². The van der Waals surface area contributed by atoms with Gasteiger partial charge in [0.1, 0.15) is 11.0 Å². The summed E-state index contributed by atoms with van der Waals surface area (Å²) < 4.78 is 4.50. The molecule has 1 heterocycles. The normalized spacial score (nSPS) is 10.5. The summed E-state index contributed by atoms with van der Waals surface area (Å²) in [6.45, 7) is 0. The number of benzene rings is 1. The van der Waals surface area contributed by atoms with E-state index in [1.807, 2.05) is 18.2 Å². The second-order valence-corrected chi connectivity index (χ2v) is 2.39. The number of rotatable bonds is 0. The van der Waals surface area contributed by atoms with Crippen LogP contribution in [0.5, 0.6) is 0 Å². The maximum atomic E-state index is 4.50. The van der Waals surface area contributed by atoms with Gasteiger partial charge in [0.25, 0.3) is 0 Å². The number of hydrogen-bond donors (Lipinski definition) is 1. The number of thiol groups is 1. The molecule has 2 rings (SSSR count). The summed E-state index contributed by atoms with van der Waals surface area (Å²) in [6.07, 6.45) is 0. The Kier molecular flexibility index (Phi) is 1.14. The van der Waals surface area contributed by atoms with Gasteiger partial charge in [-0.05, 0) is 22.4 Å². The van der Waals surface area contributed by atoms with Crippen LogP contribution < -0.4 is 0 Å². The molecular weight excluding hydrogens is 148 g/mol. The van der Waals surface area contributed by atoms with Gasteiger partial charge in [0.2, 0.25) is 0 Å². The van der Waals surface area contributed by atoms with Crippen molar-refractivity contribution in [2.75, 3.05) is 0 Å². The van der Waals surface area contributed by atoms with E-state index in [9.17, 15) is 0 Å². The Hall–Kier alpha value is -1.03. The predicted octanol–water partition coefficient (Wildman–Crippen LogP) is 1.51. The van der Waals surface area contributed by atoms with Crippen molar-refractivity contribution in [2.45, 2.75) is 4.90 Å². The van der Waals surface area contributed by atoms with Gasteiger partial charge in [-0.3, -0.25) is 0 Å². The number of hydrogen-bond acceptors (Lipinski definition) is 4. The Morgan fingerprint density at radius 1 is 1.30 bits per heavy atom. The molecule has 4 heteroatoms. The molecule has 3 nitrogen and oxygen atoms in total. The fourth-order valence-electron chi connectivity index (χ4n) is 0.792. The van der Waals surface area contributed by atoms with Crippen molar-refractivity contribution >= 4 is 23.7 Å². The second-order valence-electron chi connectivity index (χ2n) is 1.91. The summed E-state index contributed by atoms with van der Waals surface area (Å²) in [5, 5.41) is 7.30. The van der Waals surface area contributed by atoms with Crippen LogP contribution in [0.2, 0.25) is 0 Å². The summed E-state index contributed by atoms with van der Waals surface area (Å²) in [6, 6.07) is 5.52. The topological polar surface area (TPSA) is 38.9 Å². The van der Waals surface area contributed by atoms with Gasteiger partial charge >= 0.3 is 0 Å². The van der Waals surface area contributed by atoms with Gasteiger partial charge in [0.15, 0.2) is 0 Å². The molecule has 0 spiro atoms. The first-order valence-electron chi connectivity index (χ1n) is 2.78. The fraction of sp³-hybridized carbons (Fsp3) is 0. The van der Waals surface area contributed by atoms with Crippen LogP contribution in [0, 0.1) is 0 Å². The van der Waals surface area contributed by atoms with E-state index >= 15 is 0 Å². The molecule has 0 bridgehead atoms. The molecule has 0 atom stereocenters. The second kappa shape index (κ2) is 1.98. The van der Waals surface area contributed by atoms with E-state index in [0.29, 0.717) is 5.52 Å². The number of aromatic nitrogens is 2. The lowest BCUT2D eigenvalue weighted by atomic mass is 10.3. The Balaban J connectivity index is 2.95. The third-order valence-electron chi connectivity index (χ3n) is 1.26. The van der Waals surface area contributed by atoms with Crippen molar-refractivity contribution < 1.29 is 4.63 Å². The van der Waals surface area contributed by atoms with Gasteiger partial charge in [0.05, 0.1) is 0 Å². The Labute approximate surface area is 62.4 Å². The quantitative estimate of drug-likeness (QED) is 0.581. The van der Waals surface area contributed by atoms with E-state index in [2.05, 4.69) is 27.6 Å². The van der Waals surface area contributed by atoms with Crippen LogP contribution in [0.15, 0.2) is 27.7 Å². The molecule has 0 fully saturated rings. The highest BCUT2D eigenvalue weighted by Gasteiger charge is 2.00. The molecule has 1 aromatic carbocycles. The van der Waals surface area contributed by atoms with Crippen LogP contribution >= 0.6 is 12.6 Å². The first-order chi connectivity index (χ1) is 4.88. The van der Waals surface area contributed by atoms with Crippen molar-refractivity contribution in [1.82, 2.24) is 10.3 Å². The third kappa shape index (κ3) is 0.690. The molecule has 0 radical (unpaired) electrons. The van der Waals surface area contributed by atoms with Gasteiger partial charge in [-0.2, -0.15) is 0 Å². The molecule has 0 aliphatic heterocycles. The molecule has 0 aliphatic carbocycles. The van der Waals surface area contributed by atoms with Crippen molar-refractivity contribution in [3.8, 4) is 0 Å². The summed E-state index contributed by atoms with van der Waals surface area (Å²) in [5.74, 6) is 0. The Bertz CT molecular complexity index is 357. The minimum absolute atomic E-state index is 0.714. The number of nitrogens with zero attached hydrogens (tertiary/aromatic N) is 2. The maximum Gasteiger partial charge on any atom is 0.148 e. The van der Waals surface area contributed by atoms with E-state index in [-0.39, 0.29) is 0 Å². The lowest BCUT2D eigenvalue weighted by molar-refractivity contribution is 0.315. The molecule has 0 saturated carbocycles. The first-order valence-corrected chi connectivity index (χ1v) is 3.23. The standard InChI is InChI=1S/C6H4N2OS/c10-5-3-1-2-4-6(5)8-9-7-4/h1-3,10H. The molecule has 0 saturated heterocycles. The van der Waals surface area contributed by atoms with E-state index in [0.717, 1.165) is 10.4 Å². The minimum Gasteiger partial charge on any atom is -0.243 e. The van der Waals surface area contributed by atoms with Crippen LogP contribution in [0.4, 0.5) is 0 Å². The van der Waals surface area contributed by atoms with Gasteiger partial charge in [-0.25, -0.2) is 4.63 Å². The highest BCUT2D eigenvalue weighted by molar-refractivity contribution is 7.80. The SMILES string of the molecule is Sc1cccc2nonc12. The average Bonchev–Trinajstić information content (AvgIpc) is 2.36. The Morgan fingerprint density at radius 2 is 2.20 bits per heavy atom. The van der Waals surface area contributed by atoms with Crippen LogP contribution in [-0.4, -0.2) is 10.3 Å². The van der Waals surface area contributed by atoms with Crippen LogP contribution in [-0.2, 0) is 0 Å². The zero-order valence-electron chi connectivity index (χ0n) is 4.98. The summed E-state index contributed by atoms with van der Waals surface area (Å²) >= 11 is 4.15. The monoisotopic (exact) mass is 152 g/mol. The lowest BCUT2D eigenvalue weighted by Crippen LogP contribution is -1.69. The van der Waals surface area contributed by atoms with Crippen molar-refractivity contribution in [1.29, 1.82) is 0 Å². The van der Waals surface area contributed by atoms with Crippen LogP contribution in [0.25, 0.3) is 11.0 Å². The van der Waals surface area contributed by atoms with E-state index in [1.54, 1.807) is 0 Å².